The highest BCUT2D eigenvalue weighted by atomic mass is 16.5. The van der Waals surface area contributed by atoms with Crippen LogP contribution in [-0.4, -0.2) is 59.7 Å². The second-order valence-electron chi connectivity index (χ2n) is 8.95. The van der Waals surface area contributed by atoms with Crippen molar-refractivity contribution in [2.24, 2.45) is 17.8 Å². The lowest BCUT2D eigenvalue weighted by Gasteiger charge is -2.51. The van der Waals surface area contributed by atoms with Gasteiger partial charge >= 0.3 is 5.97 Å². The van der Waals surface area contributed by atoms with Crippen molar-refractivity contribution in [2.45, 2.75) is 37.8 Å². The summed E-state index contributed by atoms with van der Waals surface area (Å²) < 4.78 is 4.63. The number of aromatic nitrogens is 1. The smallest absolute Gasteiger partial charge is 0.325 e. The van der Waals surface area contributed by atoms with E-state index in [1.54, 1.807) is 0 Å². The molecule has 0 radical (unpaired) electrons. The summed E-state index contributed by atoms with van der Waals surface area (Å²) in [5.41, 5.74) is 3.84. The number of aromatic amines is 1. The maximum Gasteiger partial charge on any atom is 0.325 e. The van der Waals surface area contributed by atoms with Crippen molar-refractivity contribution in [2.75, 3.05) is 26.7 Å². The molecule has 2 fully saturated rings. The molecule has 1 aromatic heterocycles. The average molecular weight is 412 g/mol. The van der Waals surface area contributed by atoms with E-state index in [0.29, 0.717) is 12.3 Å². The number of para-hydroxylation sites is 1. The fourth-order valence-electron chi connectivity index (χ4n) is 6.05. The second kappa shape index (κ2) is 7.71. The van der Waals surface area contributed by atoms with Crippen molar-refractivity contribution in [1.82, 2.24) is 15.2 Å². The molecule has 1 unspecified atom stereocenters. The normalized spacial score (nSPS) is 30.8. The van der Waals surface area contributed by atoms with Crippen molar-refractivity contribution in [1.29, 1.82) is 0 Å². The van der Waals surface area contributed by atoms with Crippen molar-refractivity contribution in [3.05, 3.63) is 35.5 Å². The minimum absolute atomic E-state index is 0.102. The lowest BCUT2D eigenvalue weighted by atomic mass is 9.64. The molecule has 1 aliphatic carbocycles. The highest BCUT2D eigenvalue weighted by Crippen LogP contribution is 2.49. The lowest BCUT2D eigenvalue weighted by Crippen LogP contribution is -2.55. The molecule has 5 atom stereocenters. The van der Waals surface area contributed by atoms with Crippen LogP contribution in [0.3, 0.4) is 0 Å². The van der Waals surface area contributed by atoms with Gasteiger partial charge in [0.25, 0.3) is 0 Å². The van der Waals surface area contributed by atoms with Crippen LogP contribution in [0.15, 0.2) is 24.3 Å². The highest BCUT2D eigenvalue weighted by Gasteiger charge is 2.49. The predicted molar refractivity (Wildman–Crippen MR) is 112 cm³/mol. The number of amides is 1. The maximum absolute atomic E-state index is 12.9. The molecule has 1 saturated heterocycles. The Hall–Kier alpha value is -2.38. The van der Waals surface area contributed by atoms with Crippen LogP contribution in [0.5, 0.6) is 0 Å². The SMILES string of the molecule is COC(=O)CNC(=O)[C@@H]1C2C[C@H]3c4[nH]c5ccccc5c4CCN3C[C@@H]2CC[C@@H]1O. The Bertz CT molecular complexity index is 971. The van der Waals surface area contributed by atoms with Gasteiger partial charge in [-0.1, -0.05) is 18.2 Å². The van der Waals surface area contributed by atoms with Gasteiger partial charge in [0.2, 0.25) is 5.91 Å². The van der Waals surface area contributed by atoms with Crippen LogP contribution in [0.1, 0.15) is 36.6 Å². The van der Waals surface area contributed by atoms with Gasteiger partial charge in [0.1, 0.15) is 6.54 Å². The van der Waals surface area contributed by atoms with Gasteiger partial charge in [0.05, 0.1) is 25.2 Å². The molecule has 2 aromatic rings. The number of aliphatic hydroxyl groups excluding tert-OH is 1. The Balaban J connectivity index is 1.42. The number of ether oxygens (including phenoxy) is 1. The van der Waals surface area contributed by atoms with Gasteiger partial charge in [-0.2, -0.15) is 0 Å². The number of rotatable bonds is 3. The van der Waals surface area contributed by atoms with E-state index in [4.69, 9.17) is 0 Å². The van der Waals surface area contributed by atoms with Crippen LogP contribution in [0.4, 0.5) is 0 Å². The van der Waals surface area contributed by atoms with E-state index >= 15 is 0 Å². The number of nitrogens with zero attached hydrogens (tertiary/aromatic N) is 1. The number of nitrogens with one attached hydrogen (secondary N) is 2. The van der Waals surface area contributed by atoms with E-state index in [9.17, 15) is 14.7 Å². The predicted octanol–water partition coefficient (Wildman–Crippen LogP) is 1.76. The number of esters is 1. The van der Waals surface area contributed by atoms with Gasteiger partial charge in [-0.3, -0.25) is 14.5 Å². The Labute approximate surface area is 175 Å². The quantitative estimate of drug-likeness (QED) is 0.669. The molecule has 3 aliphatic rings. The Morgan fingerprint density at radius 2 is 2.13 bits per heavy atom. The molecule has 1 amide bonds. The van der Waals surface area contributed by atoms with Gasteiger partial charge in [-0.15, -0.1) is 0 Å². The van der Waals surface area contributed by atoms with Crippen LogP contribution < -0.4 is 5.32 Å². The van der Waals surface area contributed by atoms with Gasteiger partial charge < -0.3 is 20.1 Å². The summed E-state index contributed by atoms with van der Waals surface area (Å²) in [6, 6.07) is 8.68. The van der Waals surface area contributed by atoms with E-state index in [1.165, 1.54) is 29.3 Å². The van der Waals surface area contributed by atoms with Gasteiger partial charge in [0.15, 0.2) is 0 Å². The number of H-pyrrole nitrogens is 1. The number of fused-ring (bicyclic) bond motifs is 6. The molecule has 7 nitrogen and oxygen atoms in total. The molecule has 3 N–H and O–H groups in total. The standard InChI is InChI=1S/C23H29N3O4/c1-30-20(28)11-24-23(29)21-16-10-18-22-15(14-4-2-3-5-17(14)25-22)8-9-26(18)12-13(16)6-7-19(21)27/h2-5,13,16,18-19,21,25,27H,6-12H2,1H3,(H,24,29)/t13-,16?,18-,19-,21+/m0/s1. The largest absolute Gasteiger partial charge is 0.468 e. The minimum atomic E-state index is -0.666. The number of benzene rings is 1. The Kier molecular flexibility index (Phi) is 5.03. The molecule has 30 heavy (non-hydrogen) atoms. The monoisotopic (exact) mass is 411 g/mol. The Morgan fingerprint density at radius 3 is 2.97 bits per heavy atom. The molecular weight excluding hydrogens is 382 g/mol. The summed E-state index contributed by atoms with van der Waals surface area (Å²) in [6.45, 7) is 1.83. The molecule has 3 heterocycles. The summed E-state index contributed by atoms with van der Waals surface area (Å²) in [4.78, 5) is 30.6. The summed E-state index contributed by atoms with van der Waals surface area (Å²) in [6.07, 6.45) is 2.79. The van der Waals surface area contributed by atoms with Crippen molar-refractivity contribution in [3.8, 4) is 0 Å². The number of piperidine rings is 1. The first-order chi connectivity index (χ1) is 14.6. The van der Waals surface area contributed by atoms with Gasteiger partial charge in [0, 0.05) is 29.7 Å². The third-order valence-corrected chi connectivity index (χ3v) is 7.49. The second-order valence-corrected chi connectivity index (χ2v) is 8.95. The average Bonchev–Trinajstić information content (AvgIpc) is 3.15. The minimum Gasteiger partial charge on any atom is -0.468 e. The number of methoxy groups -OCH3 is 1. The molecule has 7 heteroatoms. The molecule has 0 spiro atoms. The van der Waals surface area contributed by atoms with Crippen LogP contribution in [0.25, 0.3) is 10.9 Å². The van der Waals surface area contributed by atoms with Crippen molar-refractivity contribution in [3.63, 3.8) is 0 Å². The molecule has 2 aliphatic heterocycles. The van der Waals surface area contributed by atoms with Crippen LogP contribution in [0.2, 0.25) is 0 Å². The van der Waals surface area contributed by atoms with Crippen molar-refractivity contribution >= 4 is 22.8 Å². The van der Waals surface area contributed by atoms with E-state index in [2.05, 4.69) is 44.2 Å². The van der Waals surface area contributed by atoms with Crippen LogP contribution in [-0.2, 0) is 20.7 Å². The van der Waals surface area contributed by atoms with Crippen LogP contribution in [0, 0.1) is 17.8 Å². The lowest BCUT2D eigenvalue weighted by molar-refractivity contribution is -0.145. The highest BCUT2D eigenvalue weighted by molar-refractivity contribution is 5.85. The zero-order chi connectivity index (χ0) is 20.8. The zero-order valence-corrected chi connectivity index (χ0v) is 17.3. The first kappa shape index (κ1) is 19.6. The number of carbonyl (C=O) groups excluding carboxylic acids is 2. The van der Waals surface area contributed by atoms with Gasteiger partial charge in [-0.05, 0) is 49.1 Å². The summed E-state index contributed by atoms with van der Waals surface area (Å²) in [7, 11) is 1.30. The van der Waals surface area contributed by atoms with E-state index in [1.807, 2.05) is 0 Å². The third kappa shape index (κ3) is 3.20. The zero-order valence-electron chi connectivity index (χ0n) is 17.3. The Morgan fingerprint density at radius 1 is 1.30 bits per heavy atom. The molecule has 1 aromatic carbocycles. The van der Waals surface area contributed by atoms with Crippen LogP contribution >= 0.6 is 0 Å². The van der Waals surface area contributed by atoms with Gasteiger partial charge in [-0.25, -0.2) is 0 Å². The molecule has 160 valence electrons. The number of hydrogen-bond acceptors (Lipinski definition) is 5. The summed E-state index contributed by atoms with van der Waals surface area (Å²) in [5.74, 6) is -0.696. The summed E-state index contributed by atoms with van der Waals surface area (Å²) >= 11 is 0. The molecule has 5 rings (SSSR count). The number of hydrogen-bond donors (Lipinski definition) is 3. The van der Waals surface area contributed by atoms with Crippen molar-refractivity contribution < 1.29 is 19.4 Å². The maximum atomic E-state index is 12.9. The first-order valence-electron chi connectivity index (χ1n) is 10.9. The first-order valence-corrected chi connectivity index (χ1v) is 10.9. The van der Waals surface area contributed by atoms with E-state index in [-0.39, 0.29) is 24.4 Å². The summed E-state index contributed by atoms with van der Waals surface area (Å²) in [5, 5.41) is 14.7. The number of aliphatic hydroxyl groups is 1. The fourth-order valence-corrected chi connectivity index (χ4v) is 6.05. The molecule has 1 saturated carbocycles. The molecule has 0 bridgehead atoms. The topological polar surface area (TPSA) is 94.7 Å². The van der Waals surface area contributed by atoms with E-state index in [0.717, 1.165) is 32.4 Å². The molecular formula is C23H29N3O4. The van der Waals surface area contributed by atoms with E-state index < -0.39 is 18.0 Å². The fraction of sp³-hybridized carbons (Fsp3) is 0.565. The third-order valence-electron chi connectivity index (χ3n) is 7.49. The number of carbonyl (C=O) groups is 2.